The Bertz CT molecular complexity index is 742. The normalized spacial score (nSPS) is 21.3. The molecule has 0 radical (unpaired) electrons. The number of rotatable bonds is 3. The minimum atomic E-state index is -4.06. The minimum absolute atomic E-state index is 0.0565. The first kappa shape index (κ1) is 16.3. The summed E-state index contributed by atoms with van der Waals surface area (Å²) in [6, 6.07) is 2.36. The Hall–Kier alpha value is -1.58. The first-order valence-corrected chi connectivity index (χ1v) is 8.71. The third-order valence-electron chi connectivity index (χ3n) is 4.25. The topological polar surface area (TPSA) is 83.7 Å². The van der Waals surface area contributed by atoms with Crippen molar-refractivity contribution in [3.05, 3.63) is 29.8 Å². The van der Waals surface area contributed by atoms with Gasteiger partial charge in [-0.2, -0.15) is 4.31 Å². The summed E-state index contributed by atoms with van der Waals surface area (Å²) >= 11 is 0. The molecule has 0 unspecified atom stereocenters. The Kier molecular flexibility index (Phi) is 3.89. The summed E-state index contributed by atoms with van der Waals surface area (Å²) in [5.41, 5.74) is 5.07. The number of amides is 1. The van der Waals surface area contributed by atoms with Gasteiger partial charge in [0.25, 0.3) is 0 Å². The van der Waals surface area contributed by atoms with E-state index in [2.05, 4.69) is 0 Å². The summed E-state index contributed by atoms with van der Waals surface area (Å²) in [6.07, 6.45) is 1.29. The van der Waals surface area contributed by atoms with Crippen LogP contribution in [0.4, 0.5) is 8.78 Å². The average Bonchev–Trinajstić information content (AvgIpc) is 3.25. The van der Waals surface area contributed by atoms with Gasteiger partial charge in [0.15, 0.2) is 0 Å². The van der Waals surface area contributed by atoms with E-state index < -0.39 is 32.1 Å². The van der Waals surface area contributed by atoms with Crippen LogP contribution in [-0.2, 0) is 14.8 Å². The molecule has 1 amide bonds. The molecule has 9 heteroatoms. The summed E-state index contributed by atoms with van der Waals surface area (Å²) in [5.74, 6) is -2.13. The number of benzene rings is 1. The van der Waals surface area contributed by atoms with E-state index in [0.29, 0.717) is 18.9 Å². The van der Waals surface area contributed by atoms with Gasteiger partial charge in [-0.05, 0) is 25.0 Å². The molecule has 1 aliphatic carbocycles. The van der Waals surface area contributed by atoms with Gasteiger partial charge < -0.3 is 10.6 Å². The van der Waals surface area contributed by atoms with Crippen molar-refractivity contribution in [2.75, 3.05) is 26.2 Å². The van der Waals surface area contributed by atoms with Crippen molar-refractivity contribution in [3.63, 3.8) is 0 Å². The average molecular weight is 345 g/mol. The van der Waals surface area contributed by atoms with Gasteiger partial charge in [-0.1, -0.05) is 0 Å². The molecule has 0 aromatic heterocycles. The lowest BCUT2D eigenvalue weighted by Crippen LogP contribution is -2.55. The zero-order valence-electron chi connectivity index (χ0n) is 12.3. The van der Waals surface area contributed by atoms with Crippen molar-refractivity contribution in [1.29, 1.82) is 0 Å². The predicted octanol–water partition coefficient (Wildman–Crippen LogP) is 0.289. The fourth-order valence-electron chi connectivity index (χ4n) is 2.62. The predicted molar refractivity (Wildman–Crippen MR) is 77.8 cm³/mol. The highest BCUT2D eigenvalue weighted by Gasteiger charge is 2.48. The summed E-state index contributed by atoms with van der Waals surface area (Å²) in [7, 11) is -4.06. The molecule has 0 bridgehead atoms. The molecule has 1 aliphatic heterocycles. The van der Waals surface area contributed by atoms with E-state index in [4.69, 9.17) is 5.73 Å². The van der Waals surface area contributed by atoms with Crippen LogP contribution < -0.4 is 5.73 Å². The molecule has 1 aromatic carbocycles. The second-order valence-corrected chi connectivity index (χ2v) is 7.83. The van der Waals surface area contributed by atoms with Crippen LogP contribution in [0.15, 0.2) is 23.1 Å². The van der Waals surface area contributed by atoms with Crippen molar-refractivity contribution < 1.29 is 22.0 Å². The van der Waals surface area contributed by atoms with E-state index in [1.807, 2.05) is 0 Å². The molecule has 23 heavy (non-hydrogen) atoms. The summed E-state index contributed by atoms with van der Waals surface area (Å²) < 4.78 is 52.7. The molecule has 0 spiro atoms. The molecule has 126 valence electrons. The maximum atomic E-state index is 13.7. The van der Waals surface area contributed by atoms with E-state index in [-0.39, 0.29) is 32.1 Å². The molecule has 1 aromatic rings. The Labute approximate surface area is 132 Å². The third-order valence-corrected chi connectivity index (χ3v) is 6.18. The standard InChI is InChI=1S/C14H17F2N3O3S/c15-10-1-2-12(11(16)9-10)23(21,22)19-7-5-18(6-8-19)13(20)14(17)3-4-14/h1-2,9H,3-8,17H2. The van der Waals surface area contributed by atoms with Crippen LogP contribution in [0.1, 0.15) is 12.8 Å². The van der Waals surface area contributed by atoms with Gasteiger partial charge in [0.2, 0.25) is 15.9 Å². The largest absolute Gasteiger partial charge is 0.338 e. The fraction of sp³-hybridized carbons (Fsp3) is 0.500. The first-order chi connectivity index (χ1) is 10.7. The molecule has 1 saturated heterocycles. The Morgan fingerprint density at radius 3 is 2.26 bits per heavy atom. The van der Waals surface area contributed by atoms with Crippen molar-refractivity contribution >= 4 is 15.9 Å². The molecule has 1 heterocycles. The zero-order valence-corrected chi connectivity index (χ0v) is 13.2. The number of piperazine rings is 1. The molecule has 2 aliphatic rings. The minimum Gasteiger partial charge on any atom is -0.338 e. The lowest BCUT2D eigenvalue weighted by atomic mass is 10.2. The zero-order chi connectivity index (χ0) is 16.8. The van der Waals surface area contributed by atoms with Crippen LogP contribution in [-0.4, -0.2) is 55.2 Å². The van der Waals surface area contributed by atoms with Gasteiger partial charge in [-0.3, -0.25) is 4.79 Å². The molecule has 2 fully saturated rings. The number of carbonyl (C=O) groups excluding carboxylic acids is 1. The van der Waals surface area contributed by atoms with Crippen molar-refractivity contribution in [1.82, 2.24) is 9.21 Å². The molecule has 1 saturated carbocycles. The Balaban J connectivity index is 1.72. The van der Waals surface area contributed by atoms with Crippen molar-refractivity contribution in [2.45, 2.75) is 23.3 Å². The van der Waals surface area contributed by atoms with E-state index >= 15 is 0 Å². The first-order valence-electron chi connectivity index (χ1n) is 7.27. The molecule has 3 rings (SSSR count). The van der Waals surface area contributed by atoms with E-state index in [9.17, 15) is 22.0 Å². The maximum absolute atomic E-state index is 13.7. The maximum Gasteiger partial charge on any atom is 0.246 e. The lowest BCUT2D eigenvalue weighted by molar-refractivity contribution is -0.134. The second-order valence-electron chi connectivity index (χ2n) is 5.93. The van der Waals surface area contributed by atoms with Gasteiger partial charge in [-0.15, -0.1) is 0 Å². The van der Waals surface area contributed by atoms with Crippen LogP contribution in [0.25, 0.3) is 0 Å². The number of halogens is 2. The molecular weight excluding hydrogens is 328 g/mol. The van der Waals surface area contributed by atoms with Crippen molar-refractivity contribution in [3.8, 4) is 0 Å². The fourth-order valence-corrected chi connectivity index (χ4v) is 4.09. The van der Waals surface area contributed by atoms with E-state index in [0.717, 1.165) is 16.4 Å². The summed E-state index contributed by atoms with van der Waals surface area (Å²) in [4.78, 5) is 13.1. The van der Waals surface area contributed by atoms with Gasteiger partial charge in [-0.25, -0.2) is 17.2 Å². The molecule has 0 atom stereocenters. The second kappa shape index (κ2) is 5.50. The third kappa shape index (κ3) is 2.96. The number of carbonyl (C=O) groups is 1. The van der Waals surface area contributed by atoms with Crippen LogP contribution in [0.5, 0.6) is 0 Å². The summed E-state index contributed by atoms with van der Waals surface area (Å²) in [5, 5.41) is 0. The lowest BCUT2D eigenvalue weighted by Gasteiger charge is -2.35. The Morgan fingerprint density at radius 1 is 1.13 bits per heavy atom. The summed E-state index contributed by atoms with van der Waals surface area (Å²) in [6.45, 7) is 0.529. The number of hydrogen-bond donors (Lipinski definition) is 1. The number of nitrogens with zero attached hydrogens (tertiary/aromatic N) is 2. The number of nitrogens with two attached hydrogens (primary N) is 1. The van der Waals surface area contributed by atoms with Crippen LogP contribution >= 0.6 is 0 Å². The SMILES string of the molecule is NC1(C(=O)N2CCN(S(=O)(=O)c3ccc(F)cc3F)CC2)CC1. The number of sulfonamides is 1. The highest BCUT2D eigenvalue weighted by atomic mass is 32.2. The molecule has 2 N–H and O–H groups in total. The van der Waals surface area contributed by atoms with Crippen LogP contribution in [0.2, 0.25) is 0 Å². The van der Waals surface area contributed by atoms with Gasteiger partial charge in [0.1, 0.15) is 16.5 Å². The monoisotopic (exact) mass is 345 g/mol. The van der Waals surface area contributed by atoms with E-state index in [1.165, 1.54) is 0 Å². The van der Waals surface area contributed by atoms with Crippen molar-refractivity contribution in [2.24, 2.45) is 5.73 Å². The van der Waals surface area contributed by atoms with Gasteiger partial charge >= 0.3 is 0 Å². The van der Waals surface area contributed by atoms with Gasteiger partial charge in [0.05, 0.1) is 5.54 Å². The van der Waals surface area contributed by atoms with E-state index in [1.54, 1.807) is 4.90 Å². The highest BCUT2D eigenvalue weighted by molar-refractivity contribution is 7.89. The number of hydrogen-bond acceptors (Lipinski definition) is 4. The highest BCUT2D eigenvalue weighted by Crippen LogP contribution is 2.34. The molecular formula is C14H17F2N3O3S. The van der Waals surface area contributed by atoms with Crippen LogP contribution in [0.3, 0.4) is 0 Å². The van der Waals surface area contributed by atoms with Crippen LogP contribution in [0, 0.1) is 11.6 Å². The van der Waals surface area contributed by atoms with Gasteiger partial charge in [0, 0.05) is 32.2 Å². The molecule has 6 nitrogen and oxygen atoms in total. The Morgan fingerprint density at radius 2 is 1.74 bits per heavy atom. The quantitative estimate of drug-likeness (QED) is 0.853. The smallest absolute Gasteiger partial charge is 0.246 e.